The molecule has 1 aliphatic rings. The van der Waals surface area contributed by atoms with Crippen molar-refractivity contribution in [1.29, 1.82) is 0 Å². The zero-order valence-corrected chi connectivity index (χ0v) is 13.9. The van der Waals surface area contributed by atoms with Crippen molar-refractivity contribution in [2.45, 2.75) is 32.7 Å². The zero-order valence-electron chi connectivity index (χ0n) is 13.9. The Morgan fingerprint density at radius 1 is 1.18 bits per heavy atom. The molecule has 0 fully saturated rings. The number of ether oxygens (including phenoxy) is 2. The van der Waals surface area contributed by atoms with E-state index < -0.39 is 0 Å². The van der Waals surface area contributed by atoms with E-state index in [9.17, 15) is 4.79 Å². The van der Waals surface area contributed by atoms with E-state index in [4.69, 9.17) is 9.47 Å². The van der Waals surface area contributed by atoms with Gasteiger partial charge in [0.15, 0.2) is 11.5 Å². The van der Waals surface area contributed by atoms with E-state index >= 15 is 0 Å². The Morgan fingerprint density at radius 3 is 2.09 bits per heavy atom. The number of carbonyl (C=O) groups excluding carboxylic acids is 1. The van der Waals surface area contributed by atoms with Crippen molar-refractivity contribution in [1.82, 2.24) is 10.2 Å². The smallest absolute Gasteiger partial charge is 0.237 e. The summed E-state index contributed by atoms with van der Waals surface area (Å²) in [5.41, 5.74) is 2.56. The van der Waals surface area contributed by atoms with Gasteiger partial charge in [-0.15, -0.1) is 0 Å². The average molecular weight is 306 g/mol. The zero-order chi connectivity index (χ0) is 16.1. The molecule has 5 nitrogen and oxygen atoms in total. The second-order valence-electron chi connectivity index (χ2n) is 5.58. The molecule has 1 aromatic carbocycles. The highest BCUT2D eigenvalue weighted by molar-refractivity contribution is 5.81. The van der Waals surface area contributed by atoms with Gasteiger partial charge in [-0.25, -0.2) is 0 Å². The van der Waals surface area contributed by atoms with Gasteiger partial charge in [-0.3, -0.25) is 9.69 Å². The highest BCUT2D eigenvalue weighted by Crippen LogP contribution is 2.32. The molecule has 1 aliphatic heterocycles. The molecule has 0 spiro atoms. The lowest BCUT2D eigenvalue weighted by molar-refractivity contribution is -0.125. The van der Waals surface area contributed by atoms with Gasteiger partial charge >= 0.3 is 0 Å². The van der Waals surface area contributed by atoms with Gasteiger partial charge < -0.3 is 14.8 Å². The molecule has 22 heavy (non-hydrogen) atoms. The van der Waals surface area contributed by atoms with Crippen LogP contribution in [0.1, 0.15) is 25.0 Å². The van der Waals surface area contributed by atoms with Crippen LogP contribution in [-0.2, 0) is 17.6 Å². The minimum atomic E-state index is -0.0990. The number of fused-ring (bicyclic) bond motifs is 1. The van der Waals surface area contributed by atoms with Crippen LogP contribution in [0.25, 0.3) is 0 Å². The highest BCUT2D eigenvalue weighted by Gasteiger charge is 2.24. The fourth-order valence-electron chi connectivity index (χ4n) is 2.94. The first-order valence-electron chi connectivity index (χ1n) is 7.86. The van der Waals surface area contributed by atoms with Crippen LogP contribution in [0.3, 0.4) is 0 Å². The number of likely N-dealkylation sites (N-methyl/N-ethyl adjacent to an activating group) is 1. The van der Waals surface area contributed by atoms with Crippen LogP contribution in [0.4, 0.5) is 0 Å². The third kappa shape index (κ3) is 3.53. The highest BCUT2D eigenvalue weighted by atomic mass is 16.5. The topological polar surface area (TPSA) is 50.8 Å². The summed E-state index contributed by atoms with van der Waals surface area (Å²) in [5.74, 6) is 1.64. The molecule has 1 amide bonds. The molecule has 0 aliphatic carbocycles. The quantitative estimate of drug-likeness (QED) is 0.898. The standard InChI is InChI=1S/C17H26N2O3/c1-5-18-17(20)12(2)19-8-6-13-10-15(21-3)16(22-4)11-14(13)7-9-19/h10-12H,5-9H2,1-4H3,(H,18,20)/t12-/m1/s1. The Kier molecular flexibility index (Phi) is 5.66. The van der Waals surface area contributed by atoms with E-state index in [-0.39, 0.29) is 11.9 Å². The maximum absolute atomic E-state index is 12.0. The molecule has 0 saturated carbocycles. The van der Waals surface area contributed by atoms with Gasteiger partial charge in [0.05, 0.1) is 20.3 Å². The molecule has 0 saturated heterocycles. The SMILES string of the molecule is CCNC(=O)[C@@H](C)N1CCc2cc(OC)c(OC)cc2CC1. The van der Waals surface area contributed by atoms with Crippen LogP contribution in [0.2, 0.25) is 0 Å². The lowest BCUT2D eigenvalue weighted by Crippen LogP contribution is -2.46. The van der Waals surface area contributed by atoms with Gasteiger partial charge in [0.1, 0.15) is 0 Å². The summed E-state index contributed by atoms with van der Waals surface area (Å²) in [5, 5.41) is 2.90. The Bertz CT molecular complexity index is 496. The van der Waals surface area contributed by atoms with Crippen LogP contribution in [0.15, 0.2) is 12.1 Å². The summed E-state index contributed by atoms with van der Waals surface area (Å²) < 4.78 is 10.8. The fourth-order valence-corrected chi connectivity index (χ4v) is 2.94. The lowest BCUT2D eigenvalue weighted by atomic mass is 10.0. The van der Waals surface area contributed by atoms with Crippen LogP contribution in [0, 0.1) is 0 Å². The average Bonchev–Trinajstić information content (AvgIpc) is 2.74. The second kappa shape index (κ2) is 7.49. The molecule has 5 heteroatoms. The molecule has 2 rings (SSSR count). The maximum atomic E-state index is 12.0. The monoisotopic (exact) mass is 306 g/mol. The molecule has 122 valence electrons. The van der Waals surface area contributed by atoms with E-state index in [0.717, 1.165) is 37.4 Å². The molecule has 0 aromatic heterocycles. The number of benzene rings is 1. The molecule has 0 radical (unpaired) electrons. The van der Waals surface area contributed by atoms with Crippen molar-refractivity contribution in [2.24, 2.45) is 0 Å². The Balaban J connectivity index is 2.14. The number of nitrogens with one attached hydrogen (secondary N) is 1. The number of nitrogens with zero attached hydrogens (tertiary/aromatic N) is 1. The van der Waals surface area contributed by atoms with Crippen LogP contribution in [-0.4, -0.2) is 50.7 Å². The molecule has 1 heterocycles. The molecule has 1 N–H and O–H groups in total. The largest absolute Gasteiger partial charge is 0.493 e. The van der Waals surface area contributed by atoms with Crippen molar-refractivity contribution in [3.05, 3.63) is 23.3 Å². The van der Waals surface area contributed by atoms with Gasteiger partial charge in [0.25, 0.3) is 0 Å². The van der Waals surface area contributed by atoms with Gasteiger partial charge in [0.2, 0.25) is 5.91 Å². The van der Waals surface area contributed by atoms with Crippen molar-refractivity contribution in [2.75, 3.05) is 33.9 Å². The first-order chi connectivity index (χ1) is 10.6. The van der Waals surface area contributed by atoms with Crippen molar-refractivity contribution >= 4 is 5.91 Å². The Hall–Kier alpha value is -1.75. The van der Waals surface area contributed by atoms with Crippen molar-refractivity contribution < 1.29 is 14.3 Å². The third-order valence-corrected chi connectivity index (χ3v) is 4.32. The molecule has 0 bridgehead atoms. The molecular formula is C17H26N2O3. The summed E-state index contributed by atoms with van der Waals surface area (Å²) >= 11 is 0. The summed E-state index contributed by atoms with van der Waals surface area (Å²) in [6.07, 6.45) is 1.83. The first-order valence-corrected chi connectivity index (χ1v) is 7.86. The predicted molar refractivity (Wildman–Crippen MR) is 86.7 cm³/mol. The molecule has 0 unspecified atom stereocenters. The second-order valence-corrected chi connectivity index (χ2v) is 5.58. The number of hydrogen-bond donors (Lipinski definition) is 1. The molecule has 1 atom stereocenters. The lowest BCUT2D eigenvalue weighted by Gasteiger charge is -2.26. The molecular weight excluding hydrogens is 280 g/mol. The Morgan fingerprint density at radius 2 is 1.68 bits per heavy atom. The van der Waals surface area contributed by atoms with E-state index in [1.165, 1.54) is 11.1 Å². The third-order valence-electron chi connectivity index (χ3n) is 4.32. The number of methoxy groups -OCH3 is 2. The van der Waals surface area contributed by atoms with E-state index in [0.29, 0.717) is 6.54 Å². The summed E-state index contributed by atoms with van der Waals surface area (Å²) in [6.45, 7) is 6.34. The number of rotatable bonds is 5. The van der Waals surface area contributed by atoms with Gasteiger partial charge in [-0.1, -0.05) is 0 Å². The number of amides is 1. The van der Waals surface area contributed by atoms with E-state index in [1.54, 1.807) is 14.2 Å². The minimum Gasteiger partial charge on any atom is -0.493 e. The first kappa shape index (κ1) is 16.6. The Labute approximate surface area is 132 Å². The van der Waals surface area contributed by atoms with Gasteiger partial charge in [-0.2, -0.15) is 0 Å². The fraction of sp³-hybridized carbons (Fsp3) is 0.588. The minimum absolute atomic E-state index is 0.0990. The van der Waals surface area contributed by atoms with Crippen LogP contribution >= 0.6 is 0 Å². The van der Waals surface area contributed by atoms with E-state index in [1.807, 2.05) is 13.8 Å². The summed E-state index contributed by atoms with van der Waals surface area (Å²) in [7, 11) is 3.31. The van der Waals surface area contributed by atoms with Crippen molar-refractivity contribution in [3.8, 4) is 11.5 Å². The van der Waals surface area contributed by atoms with Crippen LogP contribution in [0.5, 0.6) is 11.5 Å². The summed E-state index contributed by atoms with van der Waals surface area (Å²) in [6, 6.07) is 4.03. The number of hydrogen-bond acceptors (Lipinski definition) is 4. The molecule has 1 aromatic rings. The number of carbonyl (C=O) groups is 1. The van der Waals surface area contributed by atoms with Crippen molar-refractivity contribution in [3.63, 3.8) is 0 Å². The maximum Gasteiger partial charge on any atom is 0.237 e. The van der Waals surface area contributed by atoms with E-state index in [2.05, 4.69) is 22.3 Å². The predicted octanol–water partition coefficient (Wildman–Crippen LogP) is 1.63. The van der Waals surface area contributed by atoms with Crippen LogP contribution < -0.4 is 14.8 Å². The van der Waals surface area contributed by atoms with Gasteiger partial charge in [0, 0.05) is 19.6 Å². The summed E-state index contributed by atoms with van der Waals surface area (Å²) in [4.78, 5) is 14.3. The normalized spacial score (nSPS) is 16.4. The van der Waals surface area contributed by atoms with Gasteiger partial charge in [-0.05, 0) is 49.9 Å².